The first-order valence-corrected chi connectivity index (χ1v) is 13.3. The lowest BCUT2D eigenvalue weighted by Gasteiger charge is -2.33. The summed E-state index contributed by atoms with van der Waals surface area (Å²) < 4.78 is 0. The van der Waals surface area contributed by atoms with Crippen molar-refractivity contribution in [2.75, 3.05) is 64.6 Å². The van der Waals surface area contributed by atoms with Crippen molar-refractivity contribution in [1.29, 1.82) is 0 Å². The van der Waals surface area contributed by atoms with Gasteiger partial charge in [-0.05, 0) is 55.7 Å². The predicted octanol–water partition coefficient (Wildman–Crippen LogP) is 2.80. The van der Waals surface area contributed by atoms with Crippen LogP contribution in [0.25, 0.3) is 0 Å². The van der Waals surface area contributed by atoms with E-state index in [1.807, 2.05) is 17.0 Å². The van der Waals surface area contributed by atoms with Crippen molar-refractivity contribution in [2.24, 2.45) is 11.5 Å². The van der Waals surface area contributed by atoms with E-state index < -0.39 is 11.9 Å². The zero-order chi connectivity index (χ0) is 28.5. The molecule has 2 saturated heterocycles. The molecule has 0 saturated carbocycles. The number of hydrogen-bond acceptors (Lipinski definition) is 7. The van der Waals surface area contributed by atoms with Gasteiger partial charge in [0.2, 0.25) is 0 Å². The molecular weight excluding hydrogens is 498 g/mol. The molecule has 2 aromatic rings. The number of rotatable bonds is 5. The molecule has 1 aromatic carbocycles. The molecule has 12 nitrogen and oxygen atoms in total. The number of likely N-dealkylation sites (tertiary alicyclic amines) is 1. The monoisotopic (exact) mass is 539 g/mol. The summed E-state index contributed by atoms with van der Waals surface area (Å²) in [5, 5.41) is 3.24. The first kappa shape index (κ1) is 29.5. The molecule has 0 atom stereocenters. The number of aromatic nitrogens is 2. The third kappa shape index (κ3) is 8.20. The highest BCUT2D eigenvalue weighted by Gasteiger charge is 2.25. The van der Waals surface area contributed by atoms with Gasteiger partial charge in [-0.3, -0.25) is 4.79 Å². The second-order valence-electron chi connectivity index (χ2n) is 10.3. The van der Waals surface area contributed by atoms with E-state index in [1.54, 1.807) is 39.3 Å². The minimum Gasteiger partial charge on any atom is -0.364 e. The third-order valence-corrected chi connectivity index (χ3v) is 6.91. The molecule has 0 aliphatic carbocycles. The highest BCUT2D eigenvalue weighted by molar-refractivity contribution is 5.96. The Morgan fingerprint density at radius 1 is 0.897 bits per heavy atom. The van der Waals surface area contributed by atoms with E-state index in [1.165, 1.54) is 16.9 Å². The Morgan fingerprint density at radius 2 is 1.49 bits per heavy atom. The van der Waals surface area contributed by atoms with Crippen molar-refractivity contribution in [3.8, 4) is 0 Å². The number of benzene rings is 1. The van der Waals surface area contributed by atoms with Crippen LogP contribution in [-0.2, 0) is 0 Å². The van der Waals surface area contributed by atoms with Crippen molar-refractivity contribution in [3.63, 3.8) is 0 Å². The molecule has 4 rings (SSSR count). The van der Waals surface area contributed by atoms with E-state index in [0.29, 0.717) is 11.7 Å². The van der Waals surface area contributed by atoms with Gasteiger partial charge in [0.25, 0.3) is 5.91 Å². The molecule has 5 amide bonds. The second-order valence-corrected chi connectivity index (χ2v) is 10.3. The fourth-order valence-corrected chi connectivity index (χ4v) is 4.58. The van der Waals surface area contributed by atoms with Gasteiger partial charge in [-0.25, -0.2) is 19.6 Å². The smallest absolute Gasteiger partial charge is 0.319 e. The van der Waals surface area contributed by atoms with Gasteiger partial charge in [0, 0.05) is 60.1 Å². The lowest BCUT2D eigenvalue weighted by Crippen LogP contribution is -2.43. The number of amides is 5. The summed E-state index contributed by atoms with van der Waals surface area (Å²) in [5.74, 6) is 0.964. The Hall–Kier alpha value is -4.09. The minimum atomic E-state index is -0.606. The van der Waals surface area contributed by atoms with Gasteiger partial charge >= 0.3 is 12.1 Å². The van der Waals surface area contributed by atoms with Crippen LogP contribution in [0.4, 0.5) is 26.9 Å². The average Bonchev–Trinajstić information content (AvgIpc) is 2.93. The standard InChI is InChI=1S/C24H33N7O2.C3H8N2O/c1-29(2)24(33)31-14-10-18(11-15-31)17-6-8-19(9-7-17)27-23-21(22(25)32)26-16-20(28-23)30-12-4-3-5-13-30;1-5(2)3(4)6/h6-9,16,18H,3-5,10-15H2,1-2H3,(H2,25,32)(H,27,28);1-2H3,(H2,4,6). The molecule has 0 bridgehead atoms. The topological polar surface area (TPSA) is 154 Å². The number of primary amides is 2. The van der Waals surface area contributed by atoms with Crippen molar-refractivity contribution in [2.45, 2.75) is 38.0 Å². The summed E-state index contributed by atoms with van der Waals surface area (Å²) in [6, 6.07) is 7.85. The van der Waals surface area contributed by atoms with E-state index >= 15 is 0 Å². The highest BCUT2D eigenvalue weighted by Crippen LogP contribution is 2.30. The number of piperidine rings is 2. The highest BCUT2D eigenvalue weighted by atomic mass is 16.2. The van der Waals surface area contributed by atoms with Gasteiger partial charge in [0.1, 0.15) is 5.82 Å². The van der Waals surface area contributed by atoms with Crippen LogP contribution in [0.2, 0.25) is 0 Å². The zero-order valence-electron chi connectivity index (χ0n) is 23.4. The number of urea groups is 2. The summed E-state index contributed by atoms with van der Waals surface area (Å²) in [6.45, 7) is 3.42. The SMILES string of the molecule is CN(C)C(=O)N1CCC(c2ccc(Nc3nc(N4CCCCC4)cnc3C(N)=O)cc2)CC1.CN(C)C(N)=O. The molecule has 1 aromatic heterocycles. The van der Waals surface area contributed by atoms with Crippen LogP contribution >= 0.6 is 0 Å². The van der Waals surface area contributed by atoms with Gasteiger partial charge in [-0.15, -0.1) is 0 Å². The number of hydrogen-bond donors (Lipinski definition) is 3. The third-order valence-electron chi connectivity index (χ3n) is 6.91. The number of anilines is 3. The fraction of sp³-hybridized carbons (Fsp3) is 0.519. The average molecular weight is 540 g/mol. The summed E-state index contributed by atoms with van der Waals surface area (Å²) >= 11 is 0. The Bertz CT molecular complexity index is 1120. The summed E-state index contributed by atoms with van der Waals surface area (Å²) in [6.07, 6.45) is 7.01. The largest absolute Gasteiger partial charge is 0.364 e. The quantitative estimate of drug-likeness (QED) is 0.528. The van der Waals surface area contributed by atoms with E-state index in [-0.39, 0.29) is 11.7 Å². The Morgan fingerprint density at radius 3 is 2.00 bits per heavy atom. The maximum absolute atomic E-state index is 12.2. The number of nitrogens with two attached hydrogens (primary N) is 2. The molecule has 212 valence electrons. The minimum absolute atomic E-state index is 0.0751. The van der Waals surface area contributed by atoms with Crippen LogP contribution in [0, 0.1) is 0 Å². The van der Waals surface area contributed by atoms with Crippen LogP contribution in [0.5, 0.6) is 0 Å². The summed E-state index contributed by atoms with van der Waals surface area (Å²) in [4.78, 5) is 49.9. The lowest BCUT2D eigenvalue weighted by atomic mass is 9.89. The molecule has 2 fully saturated rings. The van der Waals surface area contributed by atoms with E-state index in [0.717, 1.165) is 63.4 Å². The Labute approximate surface area is 230 Å². The van der Waals surface area contributed by atoms with E-state index in [2.05, 4.69) is 32.3 Å². The number of nitrogens with one attached hydrogen (secondary N) is 1. The first-order chi connectivity index (χ1) is 18.6. The van der Waals surface area contributed by atoms with Crippen LogP contribution < -0.4 is 21.7 Å². The molecule has 5 N–H and O–H groups in total. The lowest BCUT2D eigenvalue weighted by molar-refractivity contribution is 0.0996. The number of carbonyl (C=O) groups is 3. The molecule has 0 unspecified atom stereocenters. The predicted molar refractivity (Wildman–Crippen MR) is 152 cm³/mol. The molecule has 2 aliphatic heterocycles. The van der Waals surface area contributed by atoms with Crippen LogP contribution in [-0.4, -0.2) is 97.0 Å². The normalized spacial score (nSPS) is 15.6. The molecular formula is C27H41N9O3. The van der Waals surface area contributed by atoms with Crippen LogP contribution in [0.15, 0.2) is 30.5 Å². The Balaban J connectivity index is 0.000000631. The maximum atomic E-state index is 12.2. The van der Waals surface area contributed by atoms with E-state index in [9.17, 15) is 14.4 Å². The number of carbonyl (C=O) groups excluding carboxylic acids is 3. The van der Waals surface area contributed by atoms with Gasteiger partial charge in [-0.2, -0.15) is 0 Å². The second kappa shape index (κ2) is 13.6. The zero-order valence-corrected chi connectivity index (χ0v) is 23.4. The molecule has 2 aliphatic rings. The van der Waals surface area contributed by atoms with Gasteiger partial charge in [0.05, 0.1) is 6.20 Å². The van der Waals surface area contributed by atoms with Gasteiger partial charge in [0.15, 0.2) is 11.5 Å². The molecule has 0 spiro atoms. The maximum Gasteiger partial charge on any atom is 0.319 e. The fourth-order valence-electron chi connectivity index (χ4n) is 4.58. The van der Waals surface area contributed by atoms with E-state index in [4.69, 9.17) is 11.5 Å². The van der Waals surface area contributed by atoms with Gasteiger partial charge in [-0.1, -0.05) is 12.1 Å². The summed E-state index contributed by atoms with van der Waals surface area (Å²) in [5.41, 5.74) is 12.5. The van der Waals surface area contributed by atoms with Crippen LogP contribution in [0.3, 0.4) is 0 Å². The Kier molecular flexibility index (Phi) is 10.3. The van der Waals surface area contributed by atoms with Crippen molar-refractivity contribution in [1.82, 2.24) is 24.7 Å². The number of nitrogens with zero attached hydrogens (tertiary/aromatic N) is 6. The molecule has 12 heteroatoms. The van der Waals surface area contributed by atoms with Gasteiger partial charge < -0.3 is 36.4 Å². The van der Waals surface area contributed by atoms with Crippen molar-refractivity contribution in [3.05, 3.63) is 41.7 Å². The van der Waals surface area contributed by atoms with Crippen molar-refractivity contribution < 1.29 is 14.4 Å². The molecule has 39 heavy (non-hydrogen) atoms. The van der Waals surface area contributed by atoms with Crippen LogP contribution in [0.1, 0.15) is 54.1 Å². The molecule has 0 radical (unpaired) electrons. The van der Waals surface area contributed by atoms with Crippen molar-refractivity contribution >= 4 is 35.3 Å². The first-order valence-electron chi connectivity index (χ1n) is 13.3. The molecule has 3 heterocycles. The summed E-state index contributed by atoms with van der Waals surface area (Å²) in [7, 11) is 6.78.